The average Bonchev–Trinajstić information content (AvgIpc) is 2.95. The van der Waals surface area contributed by atoms with Crippen LogP contribution in [0.2, 0.25) is 0 Å². The van der Waals surface area contributed by atoms with E-state index in [2.05, 4.69) is 67.6 Å². The lowest BCUT2D eigenvalue weighted by Crippen LogP contribution is -2.39. The summed E-state index contributed by atoms with van der Waals surface area (Å²) in [7, 11) is 1.65. The van der Waals surface area contributed by atoms with Gasteiger partial charge in [-0.3, -0.25) is 9.52 Å². The maximum absolute atomic E-state index is 13.5. The summed E-state index contributed by atoms with van der Waals surface area (Å²) in [5, 5.41) is 0. The highest BCUT2D eigenvalue weighted by atomic mass is 32.2. The van der Waals surface area contributed by atoms with E-state index in [1.54, 1.807) is 30.2 Å². The molecule has 1 aromatic heterocycles. The number of para-hydroxylation sites is 1. The van der Waals surface area contributed by atoms with Gasteiger partial charge in [0.15, 0.2) is 0 Å². The lowest BCUT2D eigenvalue weighted by atomic mass is 9.91. The Morgan fingerprint density at radius 2 is 1.89 bits per heavy atom. The molecule has 0 saturated heterocycles. The van der Waals surface area contributed by atoms with Crippen LogP contribution in [0.15, 0.2) is 65.7 Å². The number of hydrogen-bond acceptors (Lipinski definition) is 6. The maximum Gasteiger partial charge on any atom is 0.255 e. The van der Waals surface area contributed by atoms with E-state index in [0.29, 0.717) is 24.5 Å². The van der Waals surface area contributed by atoms with Crippen molar-refractivity contribution in [2.45, 2.75) is 63.6 Å². The molecule has 0 fully saturated rings. The first-order chi connectivity index (χ1) is 18.3. The molecule has 1 amide bonds. The SMILES string of the molecule is C#C.CCc1ccc(SN[C@H]2CC(C)(C)Oc3ncc(C(=O)N(CC)Cc4ccccc4OC)cc32)cc1. The zero-order valence-electron chi connectivity index (χ0n) is 22.9. The van der Waals surface area contributed by atoms with E-state index in [1.165, 1.54) is 5.56 Å². The van der Waals surface area contributed by atoms with Crippen LogP contribution in [-0.4, -0.2) is 35.0 Å². The number of ether oxygens (including phenoxy) is 2. The molecule has 200 valence electrons. The fourth-order valence-corrected chi connectivity index (χ4v) is 5.17. The number of carbonyl (C=O) groups is 1. The van der Waals surface area contributed by atoms with Crippen molar-refractivity contribution in [3.05, 3.63) is 83.0 Å². The van der Waals surface area contributed by atoms with Crippen LogP contribution in [-0.2, 0) is 13.0 Å². The monoisotopic (exact) mass is 531 g/mol. The number of benzene rings is 2. The zero-order chi connectivity index (χ0) is 27.7. The summed E-state index contributed by atoms with van der Waals surface area (Å²) >= 11 is 1.60. The number of terminal acetylenes is 1. The smallest absolute Gasteiger partial charge is 0.255 e. The minimum absolute atomic E-state index is 0.0101. The Bertz CT molecular complexity index is 1240. The van der Waals surface area contributed by atoms with Gasteiger partial charge in [0.05, 0.1) is 18.7 Å². The first-order valence-electron chi connectivity index (χ1n) is 12.8. The molecule has 3 aromatic rings. The van der Waals surface area contributed by atoms with Crippen LogP contribution in [0.4, 0.5) is 0 Å². The van der Waals surface area contributed by atoms with Gasteiger partial charge < -0.3 is 14.4 Å². The van der Waals surface area contributed by atoms with Gasteiger partial charge in [0.25, 0.3) is 5.91 Å². The summed E-state index contributed by atoms with van der Waals surface area (Å²) < 4.78 is 15.3. The quantitative estimate of drug-likeness (QED) is 0.252. The topological polar surface area (TPSA) is 63.7 Å². The molecule has 4 rings (SSSR count). The molecule has 1 atom stereocenters. The first kappa shape index (κ1) is 29.1. The summed E-state index contributed by atoms with van der Waals surface area (Å²) in [6, 6.07) is 18.3. The van der Waals surface area contributed by atoms with Crippen LogP contribution in [0.3, 0.4) is 0 Å². The number of pyridine rings is 1. The summed E-state index contributed by atoms with van der Waals surface area (Å²) in [6.45, 7) is 9.31. The minimum Gasteiger partial charge on any atom is -0.496 e. The number of amides is 1. The second-order valence-corrected chi connectivity index (χ2v) is 10.5. The number of aromatic nitrogens is 1. The molecule has 1 aliphatic heterocycles. The Kier molecular flexibility index (Phi) is 10.2. The van der Waals surface area contributed by atoms with E-state index in [-0.39, 0.29) is 17.6 Å². The molecule has 1 N–H and O–H groups in total. The van der Waals surface area contributed by atoms with Crippen molar-refractivity contribution in [1.29, 1.82) is 0 Å². The number of aryl methyl sites for hydroxylation is 1. The third-order valence-electron chi connectivity index (χ3n) is 6.44. The Morgan fingerprint density at radius 1 is 1.18 bits per heavy atom. The van der Waals surface area contributed by atoms with E-state index in [0.717, 1.165) is 34.6 Å². The van der Waals surface area contributed by atoms with Gasteiger partial charge in [-0.15, -0.1) is 12.8 Å². The van der Waals surface area contributed by atoms with Crippen LogP contribution in [0, 0.1) is 12.8 Å². The lowest BCUT2D eigenvalue weighted by Gasteiger charge is -2.37. The molecule has 0 aliphatic carbocycles. The van der Waals surface area contributed by atoms with Crippen LogP contribution in [0.5, 0.6) is 11.6 Å². The molecule has 7 heteroatoms. The van der Waals surface area contributed by atoms with Gasteiger partial charge in [-0.05, 0) is 69.0 Å². The standard InChI is InChI=1S/C29H35N3O3S.C2H2/c1-6-20-12-14-23(15-13-20)36-31-25-17-29(3,4)35-27-24(25)16-22(18-30-27)28(33)32(7-2)19-21-10-8-9-11-26(21)34-5;1-2/h8-16,18,25,31H,6-7,17,19H2,1-5H3;1-2H/t25-;/m0./s1. The van der Waals surface area contributed by atoms with Gasteiger partial charge in [-0.2, -0.15) is 0 Å². The normalized spacial score (nSPS) is 15.3. The van der Waals surface area contributed by atoms with Gasteiger partial charge in [0, 0.05) is 41.7 Å². The van der Waals surface area contributed by atoms with Crippen molar-refractivity contribution in [1.82, 2.24) is 14.6 Å². The van der Waals surface area contributed by atoms with E-state index in [4.69, 9.17) is 9.47 Å². The van der Waals surface area contributed by atoms with Crippen molar-refractivity contribution in [3.63, 3.8) is 0 Å². The number of rotatable bonds is 9. The van der Waals surface area contributed by atoms with Crippen LogP contribution < -0.4 is 14.2 Å². The van der Waals surface area contributed by atoms with Crippen molar-refractivity contribution in [2.24, 2.45) is 0 Å². The third-order valence-corrected chi connectivity index (χ3v) is 7.35. The second-order valence-electron chi connectivity index (χ2n) is 9.59. The predicted octanol–water partition coefficient (Wildman–Crippen LogP) is 6.46. The van der Waals surface area contributed by atoms with E-state index >= 15 is 0 Å². The molecule has 0 radical (unpaired) electrons. The molecule has 0 unspecified atom stereocenters. The molecular formula is C31H37N3O3S. The number of nitrogens with zero attached hydrogens (tertiary/aromatic N) is 2. The summed E-state index contributed by atoms with van der Waals surface area (Å²) in [4.78, 5) is 21.0. The molecular weight excluding hydrogens is 494 g/mol. The Hall–Kier alpha value is -3.47. The Morgan fingerprint density at radius 3 is 2.55 bits per heavy atom. The molecule has 2 heterocycles. The first-order valence-corrected chi connectivity index (χ1v) is 13.6. The highest BCUT2D eigenvalue weighted by molar-refractivity contribution is 7.97. The van der Waals surface area contributed by atoms with Crippen molar-refractivity contribution >= 4 is 17.9 Å². The fraction of sp³-hybridized carbons (Fsp3) is 0.355. The summed E-state index contributed by atoms with van der Waals surface area (Å²) in [5.74, 6) is 1.29. The number of fused-ring (bicyclic) bond motifs is 1. The summed E-state index contributed by atoms with van der Waals surface area (Å²) in [5.41, 5.74) is 3.38. The van der Waals surface area contributed by atoms with Gasteiger partial charge in [0.1, 0.15) is 11.4 Å². The number of nitrogens with one attached hydrogen (secondary N) is 1. The van der Waals surface area contributed by atoms with Gasteiger partial charge in [0.2, 0.25) is 5.88 Å². The molecule has 6 nitrogen and oxygen atoms in total. The predicted molar refractivity (Wildman–Crippen MR) is 154 cm³/mol. The largest absolute Gasteiger partial charge is 0.496 e. The van der Waals surface area contributed by atoms with Gasteiger partial charge in [-0.25, -0.2) is 4.98 Å². The van der Waals surface area contributed by atoms with E-state index in [9.17, 15) is 4.79 Å². The summed E-state index contributed by atoms with van der Waals surface area (Å²) in [6.07, 6.45) is 11.4. The van der Waals surface area contributed by atoms with Crippen LogP contribution in [0.1, 0.15) is 67.2 Å². The van der Waals surface area contributed by atoms with Gasteiger partial charge >= 0.3 is 0 Å². The molecule has 1 aliphatic rings. The van der Waals surface area contributed by atoms with E-state index in [1.807, 2.05) is 37.3 Å². The fourth-order valence-electron chi connectivity index (χ4n) is 4.41. The number of methoxy groups -OCH3 is 1. The maximum atomic E-state index is 13.5. The minimum atomic E-state index is -0.366. The molecule has 2 aromatic carbocycles. The van der Waals surface area contributed by atoms with Gasteiger partial charge in [-0.1, -0.05) is 37.3 Å². The molecule has 38 heavy (non-hydrogen) atoms. The van der Waals surface area contributed by atoms with Crippen LogP contribution >= 0.6 is 11.9 Å². The van der Waals surface area contributed by atoms with Crippen molar-refractivity contribution in [3.8, 4) is 24.5 Å². The second kappa shape index (κ2) is 13.4. The molecule has 0 spiro atoms. The number of hydrogen-bond donors (Lipinski definition) is 1. The van der Waals surface area contributed by atoms with Crippen LogP contribution in [0.25, 0.3) is 0 Å². The van der Waals surface area contributed by atoms with Crippen molar-refractivity contribution in [2.75, 3.05) is 13.7 Å². The van der Waals surface area contributed by atoms with E-state index < -0.39 is 0 Å². The Labute approximate surface area is 231 Å². The van der Waals surface area contributed by atoms with Crippen molar-refractivity contribution < 1.29 is 14.3 Å². The third kappa shape index (κ3) is 7.09. The average molecular weight is 532 g/mol. The highest BCUT2D eigenvalue weighted by Gasteiger charge is 2.35. The number of carbonyl (C=O) groups excluding carboxylic acids is 1. The molecule has 0 saturated carbocycles. The highest BCUT2D eigenvalue weighted by Crippen LogP contribution is 2.40. The zero-order valence-corrected chi connectivity index (χ0v) is 23.7. The molecule has 0 bridgehead atoms. The lowest BCUT2D eigenvalue weighted by molar-refractivity contribution is 0.0641. The Balaban J connectivity index is 0.00000195.